The lowest BCUT2D eigenvalue weighted by Gasteiger charge is -2.54. The van der Waals surface area contributed by atoms with Crippen LogP contribution in [0.2, 0.25) is 0 Å². The molecule has 0 aromatic carbocycles. The van der Waals surface area contributed by atoms with E-state index >= 15 is 0 Å². The number of aromatic nitrogens is 2. The summed E-state index contributed by atoms with van der Waals surface area (Å²) in [5.74, 6) is -0.00433. The van der Waals surface area contributed by atoms with E-state index in [0.717, 1.165) is 29.8 Å². The molecule has 2 saturated heterocycles. The molecule has 3 heterocycles. The van der Waals surface area contributed by atoms with Crippen molar-refractivity contribution in [3.05, 3.63) is 5.01 Å². The van der Waals surface area contributed by atoms with Crippen LogP contribution in [0.15, 0.2) is 0 Å². The molecule has 1 amide bonds. The predicted octanol–water partition coefficient (Wildman–Crippen LogP) is -0.501. The minimum absolute atomic E-state index is 0.00433. The predicted molar refractivity (Wildman–Crippen MR) is 86.8 cm³/mol. The van der Waals surface area contributed by atoms with Gasteiger partial charge < -0.3 is 19.7 Å². The number of anilines is 1. The summed E-state index contributed by atoms with van der Waals surface area (Å²) < 4.78 is 11.0. The molecule has 3 rings (SSSR count). The molecule has 0 radical (unpaired) electrons. The molecule has 23 heavy (non-hydrogen) atoms. The van der Waals surface area contributed by atoms with Crippen molar-refractivity contribution in [3.8, 4) is 0 Å². The van der Waals surface area contributed by atoms with Gasteiger partial charge in [-0.2, -0.15) is 0 Å². The van der Waals surface area contributed by atoms with E-state index in [4.69, 9.17) is 9.47 Å². The van der Waals surface area contributed by atoms with E-state index in [2.05, 4.69) is 25.3 Å². The summed E-state index contributed by atoms with van der Waals surface area (Å²) in [5, 5.41) is 13.0. The summed E-state index contributed by atoms with van der Waals surface area (Å²) in [6.07, 6.45) is 0. The molecule has 2 fully saturated rings. The third-order valence-corrected chi connectivity index (χ3v) is 5.17. The monoisotopic (exact) mass is 341 g/mol. The summed E-state index contributed by atoms with van der Waals surface area (Å²) in [6.45, 7) is 5.74. The lowest BCUT2D eigenvalue weighted by molar-refractivity contribution is -0.157. The summed E-state index contributed by atoms with van der Waals surface area (Å²) in [4.78, 5) is 16.4. The smallest absolute Gasteiger partial charge is 0.239 e. The number of hydrogen-bond donors (Lipinski definition) is 1. The third kappa shape index (κ3) is 3.47. The lowest BCUT2D eigenvalue weighted by atomic mass is 9.91. The largest absolute Gasteiger partial charge is 0.383 e. The van der Waals surface area contributed by atoms with Crippen molar-refractivity contribution in [2.45, 2.75) is 18.6 Å². The second kappa shape index (κ2) is 6.68. The number of ether oxygens (including phenoxy) is 2. The minimum Gasteiger partial charge on any atom is -0.383 e. The first kappa shape index (κ1) is 16.6. The van der Waals surface area contributed by atoms with Gasteiger partial charge in [0.15, 0.2) is 0 Å². The molecule has 0 bridgehead atoms. The van der Waals surface area contributed by atoms with Gasteiger partial charge in [-0.15, -0.1) is 10.2 Å². The second-order valence-electron chi connectivity index (χ2n) is 6.17. The molecule has 1 unspecified atom stereocenters. The highest BCUT2D eigenvalue weighted by Crippen LogP contribution is 2.35. The molecule has 1 N–H and O–H groups in total. The average molecular weight is 341 g/mol. The molecule has 1 aromatic heterocycles. The van der Waals surface area contributed by atoms with Gasteiger partial charge in [-0.05, 0) is 14.0 Å². The maximum Gasteiger partial charge on any atom is 0.239 e. The van der Waals surface area contributed by atoms with Crippen LogP contribution in [0.3, 0.4) is 0 Å². The van der Waals surface area contributed by atoms with E-state index in [1.54, 1.807) is 18.4 Å². The van der Waals surface area contributed by atoms with E-state index in [9.17, 15) is 4.79 Å². The highest BCUT2D eigenvalue weighted by atomic mass is 32.1. The van der Waals surface area contributed by atoms with Gasteiger partial charge >= 0.3 is 0 Å². The SMILES string of the molecule is COCCNC(=O)C1COC2(CN(c3nnc(C)s3)C2)CN1C. The molecule has 0 aliphatic carbocycles. The zero-order chi connectivity index (χ0) is 16.4. The van der Waals surface area contributed by atoms with Crippen molar-refractivity contribution in [1.82, 2.24) is 20.4 Å². The summed E-state index contributed by atoms with van der Waals surface area (Å²) in [7, 11) is 3.59. The molecule has 8 nitrogen and oxygen atoms in total. The van der Waals surface area contributed by atoms with Crippen LogP contribution in [-0.2, 0) is 14.3 Å². The van der Waals surface area contributed by atoms with Crippen molar-refractivity contribution in [2.24, 2.45) is 0 Å². The molecular formula is C14H23N5O3S. The van der Waals surface area contributed by atoms with Gasteiger partial charge in [0, 0.05) is 20.2 Å². The fraction of sp³-hybridized carbons (Fsp3) is 0.786. The van der Waals surface area contributed by atoms with Gasteiger partial charge in [-0.3, -0.25) is 9.69 Å². The topological polar surface area (TPSA) is 79.8 Å². The number of methoxy groups -OCH3 is 1. The number of morpholine rings is 1. The molecule has 1 aromatic rings. The maximum absolute atomic E-state index is 12.2. The third-order valence-electron chi connectivity index (χ3n) is 4.27. The van der Waals surface area contributed by atoms with Crippen molar-refractivity contribution < 1.29 is 14.3 Å². The van der Waals surface area contributed by atoms with Gasteiger partial charge in [0.1, 0.15) is 16.7 Å². The Morgan fingerprint density at radius 3 is 2.87 bits per heavy atom. The van der Waals surface area contributed by atoms with Gasteiger partial charge in [0.25, 0.3) is 0 Å². The lowest BCUT2D eigenvalue weighted by Crippen LogP contribution is -2.72. The number of nitrogens with one attached hydrogen (secondary N) is 1. The molecule has 9 heteroatoms. The van der Waals surface area contributed by atoms with E-state index in [0.29, 0.717) is 19.8 Å². The van der Waals surface area contributed by atoms with E-state index in [1.807, 2.05) is 14.0 Å². The molecule has 2 aliphatic rings. The van der Waals surface area contributed by atoms with Gasteiger partial charge in [0.05, 0.1) is 26.3 Å². The van der Waals surface area contributed by atoms with E-state index in [1.165, 1.54) is 0 Å². The number of amides is 1. The zero-order valence-corrected chi connectivity index (χ0v) is 14.6. The number of likely N-dealkylation sites (N-methyl/N-ethyl adjacent to an activating group) is 1. The van der Waals surface area contributed by atoms with Crippen LogP contribution >= 0.6 is 11.3 Å². The molecule has 0 saturated carbocycles. The maximum atomic E-state index is 12.2. The minimum atomic E-state index is -0.240. The Labute approximate surface area is 139 Å². The number of aryl methyl sites for hydroxylation is 1. The van der Waals surface area contributed by atoms with E-state index < -0.39 is 0 Å². The van der Waals surface area contributed by atoms with Crippen LogP contribution in [0, 0.1) is 6.92 Å². The number of hydrogen-bond acceptors (Lipinski definition) is 8. The molecule has 2 aliphatic heterocycles. The number of nitrogens with zero attached hydrogens (tertiary/aromatic N) is 4. The quantitative estimate of drug-likeness (QED) is 0.723. The van der Waals surface area contributed by atoms with Crippen LogP contribution in [0.1, 0.15) is 5.01 Å². The van der Waals surface area contributed by atoms with Crippen molar-refractivity contribution >= 4 is 22.4 Å². The molecular weight excluding hydrogens is 318 g/mol. The van der Waals surface area contributed by atoms with E-state index in [-0.39, 0.29) is 17.6 Å². The van der Waals surface area contributed by atoms with Gasteiger partial charge in [0.2, 0.25) is 11.0 Å². The Balaban J connectivity index is 1.50. The number of rotatable bonds is 5. The summed E-state index contributed by atoms with van der Waals surface area (Å²) in [6, 6.07) is -0.240. The average Bonchev–Trinajstić information content (AvgIpc) is 2.91. The summed E-state index contributed by atoms with van der Waals surface area (Å²) >= 11 is 1.60. The van der Waals surface area contributed by atoms with Gasteiger partial charge in [-0.25, -0.2) is 0 Å². The molecule has 1 spiro atoms. The Kier molecular flexibility index (Phi) is 4.81. The normalized spacial score (nSPS) is 23.8. The number of carbonyl (C=O) groups excluding carboxylic acids is 1. The standard InChI is InChI=1S/C14H23N5O3S/c1-10-16-17-13(23-10)19-8-14(9-19)7-18(2)11(6-22-14)12(20)15-4-5-21-3/h11H,4-9H2,1-3H3,(H,15,20). The fourth-order valence-electron chi connectivity index (χ4n) is 3.05. The van der Waals surface area contributed by atoms with Crippen molar-refractivity contribution in [3.63, 3.8) is 0 Å². The molecule has 1 atom stereocenters. The zero-order valence-electron chi connectivity index (χ0n) is 13.7. The fourth-order valence-corrected chi connectivity index (χ4v) is 3.74. The van der Waals surface area contributed by atoms with Crippen LogP contribution in [0.4, 0.5) is 5.13 Å². The van der Waals surface area contributed by atoms with Crippen molar-refractivity contribution in [2.75, 3.05) is 58.5 Å². The van der Waals surface area contributed by atoms with Crippen LogP contribution in [-0.4, -0.2) is 86.2 Å². The van der Waals surface area contributed by atoms with Crippen LogP contribution in [0.5, 0.6) is 0 Å². The van der Waals surface area contributed by atoms with Gasteiger partial charge in [-0.1, -0.05) is 11.3 Å². The van der Waals surface area contributed by atoms with Crippen LogP contribution < -0.4 is 10.2 Å². The first-order chi connectivity index (χ1) is 11.0. The van der Waals surface area contributed by atoms with Crippen molar-refractivity contribution in [1.29, 1.82) is 0 Å². The molecule has 128 valence electrons. The first-order valence-electron chi connectivity index (χ1n) is 7.69. The Morgan fingerprint density at radius 2 is 2.26 bits per heavy atom. The summed E-state index contributed by atoms with van der Waals surface area (Å²) in [5.41, 5.74) is -0.197. The number of carbonyl (C=O) groups is 1. The van der Waals surface area contributed by atoms with Crippen LogP contribution in [0.25, 0.3) is 0 Å². The second-order valence-corrected chi connectivity index (χ2v) is 7.33. The Bertz CT molecular complexity index is 560. The highest BCUT2D eigenvalue weighted by molar-refractivity contribution is 7.15. The Morgan fingerprint density at radius 1 is 1.48 bits per heavy atom. The Hall–Kier alpha value is -1.29. The highest BCUT2D eigenvalue weighted by Gasteiger charge is 2.50. The first-order valence-corrected chi connectivity index (χ1v) is 8.50.